The number of benzene rings is 2. The van der Waals surface area contributed by atoms with Crippen molar-refractivity contribution < 1.29 is 9.53 Å². The van der Waals surface area contributed by atoms with Crippen molar-refractivity contribution in [3.63, 3.8) is 0 Å². The van der Waals surface area contributed by atoms with Gasteiger partial charge in [-0.15, -0.1) is 11.6 Å². The van der Waals surface area contributed by atoms with E-state index in [2.05, 4.69) is 6.07 Å². The zero-order chi connectivity index (χ0) is 17.0. The van der Waals surface area contributed by atoms with E-state index in [0.717, 1.165) is 55.3 Å². The second-order valence-corrected chi connectivity index (χ2v) is 6.28. The second kappa shape index (κ2) is 10.9. The van der Waals surface area contributed by atoms with Gasteiger partial charge >= 0.3 is 0 Å². The largest absolute Gasteiger partial charge is 0.493 e. The monoisotopic (exact) mass is 344 g/mol. The maximum Gasteiger partial charge on any atom is 0.127 e. The van der Waals surface area contributed by atoms with Gasteiger partial charge in [-0.3, -0.25) is 0 Å². The summed E-state index contributed by atoms with van der Waals surface area (Å²) in [5.74, 6) is 1.58. The van der Waals surface area contributed by atoms with Gasteiger partial charge in [0.2, 0.25) is 0 Å². The molecule has 0 aliphatic heterocycles. The van der Waals surface area contributed by atoms with Crippen molar-refractivity contribution in [2.45, 2.75) is 38.0 Å². The van der Waals surface area contributed by atoms with Crippen molar-refractivity contribution in [2.75, 3.05) is 12.5 Å². The van der Waals surface area contributed by atoms with Crippen LogP contribution in [0.1, 0.15) is 42.7 Å². The van der Waals surface area contributed by atoms with Gasteiger partial charge in [-0.2, -0.15) is 0 Å². The second-order valence-electron chi connectivity index (χ2n) is 5.90. The first-order valence-corrected chi connectivity index (χ1v) is 9.15. The standard InChI is InChI=1S/C21H25ClO2/c22-15-7-2-8-16-24-21-12-6-5-11-19(21)13-14-20(17-23)18-9-3-1-4-10-18/h1,3-6,9-12,17,20H,2,7-8,13-16H2. The van der Waals surface area contributed by atoms with Crippen molar-refractivity contribution in [3.8, 4) is 5.75 Å². The number of hydrogen-bond donors (Lipinski definition) is 0. The van der Waals surface area contributed by atoms with E-state index in [0.29, 0.717) is 12.5 Å². The molecule has 0 fully saturated rings. The number of ether oxygens (including phenoxy) is 1. The van der Waals surface area contributed by atoms with Crippen LogP contribution < -0.4 is 4.74 Å². The summed E-state index contributed by atoms with van der Waals surface area (Å²) in [6.45, 7) is 0.712. The summed E-state index contributed by atoms with van der Waals surface area (Å²) >= 11 is 5.69. The van der Waals surface area contributed by atoms with E-state index in [1.807, 2.05) is 48.5 Å². The molecular formula is C21H25ClO2. The Balaban J connectivity index is 1.90. The zero-order valence-corrected chi connectivity index (χ0v) is 14.8. The number of unbranched alkanes of at least 4 members (excludes halogenated alkanes) is 2. The molecule has 2 aromatic carbocycles. The third-order valence-corrected chi connectivity index (χ3v) is 4.39. The third-order valence-electron chi connectivity index (χ3n) is 4.12. The molecule has 2 rings (SSSR count). The van der Waals surface area contributed by atoms with Crippen LogP contribution in [0.4, 0.5) is 0 Å². The molecule has 1 unspecified atom stereocenters. The molecule has 128 valence electrons. The number of aryl methyl sites for hydroxylation is 1. The smallest absolute Gasteiger partial charge is 0.127 e. The minimum Gasteiger partial charge on any atom is -0.493 e. The molecular weight excluding hydrogens is 320 g/mol. The lowest BCUT2D eigenvalue weighted by molar-refractivity contribution is -0.109. The predicted molar refractivity (Wildman–Crippen MR) is 100 cm³/mol. The Hall–Kier alpha value is -1.80. The number of aldehydes is 1. The summed E-state index contributed by atoms with van der Waals surface area (Å²) in [5.41, 5.74) is 2.24. The average molecular weight is 345 g/mol. The highest BCUT2D eigenvalue weighted by Crippen LogP contribution is 2.25. The lowest BCUT2D eigenvalue weighted by Crippen LogP contribution is -2.04. The molecule has 24 heavy (non-hydrogen) atoms. The Kier molecular flexibility index (Phi) is 8.40. The summed E-state index contributed by atoms with van der Waals surface area (Å²) in [4.78, 5) is 11.4. The normalized spacial score (nSPS) is 11.9. The molecule has 0 aromatic heterocycles. The van der Waals surface area contributed by atoms with Crippen LogP contribution >= 0.6 is 11.6 Å². The van der Waals surface area contributed by atoms with Crippen LogP contribution in [0.3, 0.4) is 0 Å². The van der Waals surface area contributed by atoms with Gasteiger partial charge in [-0.25, -0.2) is 0 Å². The number of carbonyl (C=O) groups is 1. The number of carbonyl (C=O) groups excluding carboxylic acids is 1. The fourth-order valence-electron chi connectivity index (χ4n) is 2.73. The molecule has 0 spiro atoms. The van der Waals surface area contributed by atoms with E-state index < -0.39 is 0 Å². The van der Waals surface area contributed by atoms with Crippen LogP contribution in [0.5, 0.6) is 5.75 Å². The molecule has 2 nitrogen and oxygen atoms in total. The van der Waals surface area contributed by atoms with Crippen molar-refractivity contribution in [1.82, 2.24) is 0 Å². The molecule has 0 aliphatic carbocycles. The van der Waals surface area contributed by atoms with Crippen LogP contribution in [0, 0.1) is 0 Å². The quantitative estimate of drug-likeness (QED) is 0.310. The van der Waals surface area contributed by atoms with Gasteiger partial charge in [0, 0.05) is 11.8 Å². The fourth-order valence-corrected chi connectivity index (χ4v) is 2.92. The molecule has 3 heteroatoms. The van der Waals surface area contributed by atoms with E-state index in [4.69, 9.17) is 16.3 Å². The van der Waals surface area contributed by atoms with Crippen molar-refractivity contribution in [1.29, 1.82) is 0 Å². The van der Waals surface area contributed by atoms with Crippen molar-refractivity contribution >= 4 is 17.9 Å². The SMILES string of the molecule is O=CC(CCc1ccccc1OCCCCCCl)c1ccccc1. The van der Waals surface area contributed by atoms with Gasteiger partial charge < -0.3 is 9.53 Å². The summed E-state index contributed by atoms with van der Waals surface area (Å²) < 4.78 is 5.92. The number of rotatable bonds is 11. The lowest BCUT2D eigenvalue weighted by Gasteiger charge is -2.14. The first kappa shape index (κ1) is 18.5. The maximum absolute atomic E-state index is 11.4. The minimum atomic E-state index is -0.0667. The molecule has 0 saturated carbocycles. The highest BCUT2D eigenvalue weighted by atomic mass is 35.5. The highest BCUT2D eigenvalue weighted by molar-refractivity contribution is 6.17. The Morgan fingerprint density at radius 3 is 2.46 bits per heavy atom. The molecule has 0 saturated heterocycles. The number of alkyl halides is 1. The van der Waals surface area contributed by atoms with Crippen molar-refractivity contribution in [3.05, 3.63) is 65.7 Å². The number of hydrogen-bond acceptors (Lipinski definition) is 2. The first-order chi connectivity index (χ1) is 11.8. The number of halogens is 1. The fraction of sp³-hybridized carbons (Fsp3) is 0.381. The highest BCUT2D eigenvalue weighted by Gasteiger charge is 2.12. The predicted octanol–water partition coefficient (Wildman–Crippen LogP) is 5.39. The summed E-state index contributed by atoms with van der Waals surface area (Å²) in [6.07, 6.45) is 5.81. The van der Waals surface area contributed by atoms with Crippen molar-refractivity contribution in [2.24, 2.45) is 0 Å². The van der Waals surface area contributed by atoms with Crippen LogP contribution in [-0.2, 0) is 11.2 Å². The number of para-hydroxylation sites is 1. The van der Waals surface area contributed by atoms with E-state index in [1.165, 1.54) is 0 Å². The van der Waals surface area contributed by atoms with Gasteiger partial charge in [0.1, 0.15) is 12.0 Å². The third kappa shape index (κ3) is 6.01. The molecule has 0 amide bonds. The summed E-state index contributed by atoms with van der Waals surface area (Å²) in [5, 5.41) is 0. The van der Waals surface area contributed by atoms with Crippen LogP contribution in [0.15, 0.2) is 54.6 Å². The summed E-state index contributed by atoms with van der Waals surface area (Å²) in [6, 6.07) is 18.1. The molecule has 0 aliphatic rings. The molecule has 0 radical (unpaired) electrons. The van der Waals surface area contributed by atoms with E-state index in [9.17, 15) is 4.79 Å². The molecule has 2 aromatic rings. The Labute approximate surface area is 149 Å². The summed E-state index contributed by atoms with van der Waals surface area (Å²) in [7, 11) is 0. The van der Waals surface area contributed by atoms with Gasteiger partial charge in [0.05, 0.1) is 6.61 Å². The molecule has 0 bridgehead atoms. The minimum absolute atomic E-state index is 0.0667. The molecule has 0 N–H and O–H groups in total. The van der Waals surface area contributed by atoms with Crippen LogP contribution in [-0.4, -0.2) is 18.8 Å². The maximum atomic E-state index is 11.4. The van der Waals surface area contributed by atoms with E-state index in [1.54, 1.807) is 0 Å². The Morgan fingerprint density at radius 1 is 0.958 bits per heavy atom. The van der Waals surface area contributed by atoms with Gasteiger partial charge in [0.15, 0.2) is 0 Å². The lowest BCUT2D eigenvalue weighted by atomic mass is 9.93. The van der Waals surface area contributed by atoms with Gasteiger partial charge in [-0.1, -0.05) is 48.5 Å². The van der Waals surface area contributed by atoms with Gasteiger partial charge in [-0.05, 0) is 49.3 Å². The molecule has 0 heterocycles. The average Bonchev–Trinajstić information content (AvgIpc) is 2.64. The Bertz CT molecular complexity index is 598. The van der Waals surface area contributed by atoms with E-state index in [-0.39, 0.29) is 5.92 Å². The Morgan fingerprint density at radius 2 is 1.71 bits per heavy atom. The topological polar surface area (TPSA) is 26.3 Å². The first-order valence-electron chi connectivity index (χ1n) is 8.62. The van der Waals surface area contributed by atoms with E-state index >= 15 is 0 Å². The molecule has 1 atom stereocenters. The van der Waals surface area contributed by atoms with Gasteiger partial charge in [0.25, 0.3) is 0 Å². The van der Waals surface area contributed by atoms with Crippen LogP contribution in [0.25, 0.3) is 0 Å². The zero-order valence-electron chi connectivity index (χ0n) is 14.0. The van der Waals surface area contributed by atoms with Crippen LogP contribution in [0.2, 0.25) is 0 Å².